The summed E-state index contributed by atoms with van der Waals surface area (Å²) in [5, 5.41) is 0. The van der Waals surface area contributed by atoms with Crippen molar-refractivity contribution in [2.24, 2.45) is 5.84 Å². The highest BCUT2D eigenvalue weighted by atomic mass is 16.5. The summed E-state index contributed by atoms with van der Waals surface area (Å²) < 4.78 is 9.97. The third-order valence-electron chi connectivity index (χ3n) is 1.87. The summed E-state index contributed by atoms with van der Waals surface area (Å²) >= 11 is 0. The molecule has 0 radical (unpaired) electrons. The third-order valence-corrected chi connectivity index (χ3v) is 1.87. The summed E-state index contributed by atoms with van der Waals surface area (Å²) in [4.78, 5) is 11.5. The van der Waals surface area contributed by atoms with Gasteiger partial charge >= 0.3 is 5.97 Å². The summed E-state index contributed by atoms with van der Waals surface area (Å²) in [5.74, 6) is 5.25. The standard InChI is InChI=1S/C10H14N2O3/c1-3-15-10(13)7-5-4-6-8(12-11)9(7)14-2/h4-6,12H,3,11H2,1-2H3. The Labute approximate surface area is 88.1 Å². The van der Waals surface area contributed by atoms with Gasteiger partial charge < -0.3 is 14.9 Å². The largest absolute Gasteiger partial charge is 0.494 e. The van der Waals surface area contributed by atoms with Crippen LogP contribution in [0.3, 0.4) is 0 Å². The Morgan fingerprint density at radius 2 is 2.27 bits per heavy atom. The number of hydrogen-bond donors (Lipinski definition) is 2. The number of anilines is 1. The molecule has 5 nitrogen and oxygen atoms in total. The number of hydrazine groups is 1. The van der Waals surface area contributed by atoms with Gasteiger partial charge in [-0.3, -0.25) is 5.84 Å². The van der Waals surface area contributed by atoms with Crippen molar-refractivity contribution in [3.63, 3.8) is 0 Å². The van der Waals surface area contributed by atoms with E-state index in [0.717, 1.165) is 0 Å². The maximum Gasteiger partial charge on any atom is 0.341 e. The molecular weight excluding hydrogens is 196 g/mol. The molecule has 0 aromatic heterocycles. The maximum absolute atomic E-state index is 11.5. The molecule has 3 N–H and O–H groups in total. The summed E-state index contributed by atoms with van der Waals surface area (Å²) in [7, 11) is 1.47. The quantitative estimate of drug-likeness (QED) is 0.443. The number of nitrogens with one attached hydrogen (secondary N) is 1. The van der Waals surface area contributed by atoms with Gasteiger partial charge in [0.25, 0.3) is 0 Å². The van der Waals surface area contributed by atoms with Crippen molar-refractivity contribution in [1.29, 1.82) is 0 Å². The van der Waals surface area contributed by atoms with Crippen molar-refractivity contribution in [3.05, 3.63) is 23.8 Å². The highest BCUT2D eigenvalue weighted by molar-refractivity contribution is 5.94. The Morgan fingerprint density at radius 3 is 2.80 bits per heavy atom. The van der Waals surface area contributed by atoms with Gasteiger partial charge in [0.2, 0.25) is 0 Å². The second-order valence-electron chi connectivity index (χ2n) is 2.75. The Kier molecular flexibility index (Phi) is 3.93. The van der Waals surface area contributed by atoms with Crippen LogP contribution in [0.4, 0.5) is 5.69 Å². The van der Waals surface area contributed by atoms with E-state index in [1.165, 1.54) is 7.11 Å². The molecule has 0 aliphatic rings. The van der Waals surface area contributed by atoms with Gasteiger partial charge in [0, 0.05) is 0 Å². The number of carbonyl (C=O) groups excluding carboxylic acids is 1. The lowest BCUT2D eigenvalue weighted by Crippen LogP contribution is -2.12. The van der Waals surface area contributed by atoms with Gasteiger partial charge in [-0.05, 0) is 19.1 Å². The second kappa shape index (κ2) is 5.21. The lowest BCUT2D eigenvalue weighted by atomic mass is 10.1. The molecule has 0 aliphatic carbocycles. The lowest BCUT2D eigenvalue weighted by Gasteiger charge is -2.11. The summed E-state index contributed by atoms with van der Waals surface area (Å²) in [6.07, 6.45) is 0. The molecule has 0 atom stereocenters. The van der Waals surface area contributed by atoms with E-state index < -0.39 is 5.97 Å². The van der Waals surface area contributed by atoms with E-state index in [2.05, 4.69) is 5.43 Å². The van der Waals surface area contributed by atoms with Gasteiger partial charge in [0.05, 0.1) is 19.4 Å². The van der Waals surface area contributed by atoms with Crippen LogP contribution in [0.25, 0.3) is 0 Å². The molecule has 0 saturated heterocycles. The van der Waals surface area contributed by atoms with Crippen molar-refractivity contribution >= 4 is 11.7 Å². The first-order valence-corrected chi connectivity index (χ1v) is 4.55. The van der Waals surface area contributed by atoms with E-state index in [1.807, 2.05) is 0 Å². The highest BCUT2D eigenvalue weighted by Gasteiger charge is 2.15. The molecule has 5 heteroatoms. The van der Waals surface area contributed by atoms with Gasteiger partial charge in [0.15, 0.2) is 5.75 Å². The van der Waals surface area contributed by atoms with Crippen LogP contribution in [0.2, 0.25) is 0 Å². The van der Waals surface area contributed by atoms with Gasteiger partial charge in [-0.2, -0.15) is 0 Å². The minimum atomic E-state index is -0.425. The zero-order valence-corrected chi connectivity index (χ0v) is 8.74. The average Bonchev–Trinajstić information content (AvgIpc) is 2.28. The lowest BCUT2D eigenvalue weighted by molar-refractivity contribution is 0.0523. The van der Waals surface area contributed by atoms with E-state index in [-0.39, 0.29) is 0 Å². The van der Waals surface area contributed by atoms with Crippen molar-refractivity contribution in [2.45, 2.75) is 6.92 Å². The molecule has 0 aliphatic heterocycles. The number of rotatable bonds is 4. The van der Waals surface area contributed by atoms with Crippen LogP contribution in [-0.4, -0.2) is 19.7 Å². The predicted molar refractivity (Wildman–Crippen MR) is 56.8 cm³/mol. The number of hydrogen-bond acceptors (Lipinski definition) is 5. The Hall–Kier alpha value is -1.75. The predicted octanol–water partition coefficient (Wildman–Crippen LogP) is 1.16. The molecule has 0 heterocycles. The summed E-state index contributed by atoms with van der Waals surface area (Å²) in [5.41, 5.74) is 3.35. The number of para-hydroxylation sites is 1. The molecule has 15 heavy (non-hydrogen) atoms. The van der Waals surface area contributed by atoms with Gasteiger partial charge in [-0.25, -0.2) is 4.79 Å². The molecule has 82 valence electrons. The molecule has 0 bridgehead atoms. The first-order valence-electron chi connectivity index (χ1n) is 4.55. The molecule has 0 spiro atoms. The summed E-state index contributed by atoms with van der Waals surface area (Å²) in [6, 6.07) is 5.03. The van der Waals surface area contributed by atoms with Crippen LogP contribution in [0.15, 0.2) is 18.2 Å². The fourth-order valence-electron chi connectivity index (χ4n) is 1.24. The topological polar surface area (TPSA) is 73.6 Å². The average molecular weight is 210 g/mol. The normalized spacial score (nSPS) is 9.53. The molecule has 1 aromatic carbocycles. The molecule has 0 fully saturated rings. The van der Waals surface area contributed by atoms with E-state index in [0.29, 0.717) is 23.6 Å². The number of esters is 1. The van der Waals surface area contributed by atoms with Crippen molar-refractivity contribution in [1.82, 2.24) is 0 Å². The van der Waals surface area contributed by atoms with Crippen LogP contribution in [0.5, 0.6) is 5.75 Å². The number of nitrogen functional groups attached to an aromatic ring is 1. The van der Waals surface area contributed by atoms with E-state index in [9.17, 15) is 4.79 Å². The highest BCUT2D eigenvalue weighted by Crippen LogP contribution is 2.28. The van der Waals surface area contributed by atoms with Crippen molar-refractivity contribution in [3.8, 4) is 5.75 Å². The number of carbonyl (C=O) groups is 1. The Balaban J connectivity index is 3.11. The molecule has 0 unspecified atom stereocenters. The van der Waals surface area contributed by atoms with Gasteiger partial charge in [-0.15, -0.1) is 0 Å². The molecular formula is C10H14N2O3. The third kappa shape index (κ3) is 2.38. The maximum atomic E-state index is 11.5. The van der Waals surface area contributed by atoms with Gasteiger partial charge in [0.1, 0.15) is 5.56 Å². The molecule has 1 aromatic rings. The first kappa shape index (κ1) is 11.3. The molecule has 0 saturated carbocycles. The number of benzene rings is 1. The minimum Gasteiger partial charge on any atom is -0.494 e. The van der Waals surface area contributed by atoms with Crippen LogP contribution in [-0.2, 0) is 4.74 Å². The Morgan fingerprint density at radius 1 is 1.53 bits per heavy atom. The smallest absolute Gasteiger partial charge is 0.341 e. The minimum absolute atomic E-state index is 0.322. The SMILES string of the molecule is CCOC(=O)c1cccc(NN)c1OC. The van der Waals surface area contributed by atoms with Crippen molar-refractivity contribution < 1.29 is 14.3 Å². The van der Waals surface area contributed by atoms with E-state index in [4.69, 9.17) is 15.3 Å². The van der Waals surface area contributed by atoms with Crippen molar-refractivity contribution in [2.75, 3.05) is 19.1 Å². The van der Waals surface area contributed by atoms with E-state index >= 15 is 0 Å². The monoisotopic (exact) mass is 210 g/mol. The fraction of sp³-hybridized carbons (Fsp3) is 0.300. The zero-order chi connectivity index (χ0) is 11.3. The van der Waals surface area contributed by atoms with Crippen LogP contribution in [0.1, 0.15) is 17.3 Å². The van der Waals surface area contributed by atoms with Crippen LogP contribution >= 0.6 is 0 Å². The number of nitrogens with two attached hydrogens (primary N) is 1. The summed E-state index contributed by atoms with van der Waals surface area (Å²) in [6.45, 7) is 2.07. The van der Waals surface area contributed by atoms with E-state index in [1.54, 1.807) is 25.1 Å². The number of methoxy groups -OCH3 is 1. The zero-order valence-electron chi connectivity index (χ0n) is 8.74. The number of ether oxygens (including phenoxy) is 2. The van der Waals surface area contributed by atoms with Crippen LogP contribution in [0, 0.1) is 0 Å². The van der Waals surface area contributed by atoms with Crippen LogP contribution < -0.4 is 16.0 Å². The van der Waals surface area contributed by atoms with Gasteiger partial charge in [-0.1, -0.05) is 6.07 Å². The first-order chi connectivity index (χ1) is 7.24. The Bertz CT molecular complexity index is 353. The molecule has 0 amide bonds. The second-order valence-corrected chi connectivity index (χ2v) is 2.75. The molecule has 1 rings (SSSR count). The fourth-order valence-corrected chi connectivity index (χ4v) is 1.24.